The van der Waals surface area contributed by atoms with Crippen molar-refractivity contribution < 1.29 is 22.7 Å². The molecule has 20 heavy (non-hydrogen) atoms. The fraction of sp³-hybridized carbons (Fsp3) is 0.833. The highest BCUT2D eigenvalue weighted by atomic mass is 32.2. The van der Waals surface area contributed by atoms with Crippen LogP contribution in [0.5, 0.6) is 0 Å². The molecule has 0 aliphatic carbocycles. The molecule has 1 saturated heterocycles. The van der Waals surface area contributed by atoms with Crippen LogP contribution in [0.3, 0.4) is 0 Å². The van der Waals surface area contributed by atoms with Crippen molar-refractivity contribution in [2.24, 2.45) is 0 Å². The normalized spacial score (nSPS) is 17.7. The first-order valence-electron chi connectivity index (χ1n) is 6.67. The average Bonchev–Trinajstić information content (AvgIpc) is 2.38. The van der Waals surface area contributed by atoms with Crippen LogP contribution in [-0.4, -0.2) is 56.6 Å². The summed E-state index contributed by atoms with van der Waals surface area (Å²) in [6.45, 7) is 2.27. The Labute approximate surface area is 119 Å². The molecule has 1 rings (SSSR count). The van der Waals surface area contributed by atoms with Gasteiger partial charge in [-0.05, 0) is 19.3 Å². The summed E-state index contributed by atoms with van der Waals surface area (Å²) in [5.41, 5.74) is 0. The van der Waals surface area contributed by atoms with E-state index in [1.54, 1.807) is 0 Å². The summed E-state index contributed by atoms with van der Waals surface area (Å²) >= 11 is 0. The molecular weight excluding hydrogens is 284 g/mol. The predicted molar refractivity (Wildman–Crippen MR) is 73.4 cm³/mol. The number of ether oxygens (including phenoxy) is 1. The number of amides is 1. The van der Waals surface area contributed by atoms with Crippen LogP contribution in [0.25, 0.3) is 0 Å². The number of sulfonamides is 1. The lowest BCUT2D eigenvalue weighted by molar-refractivity contribution is -0.140. The molecule has 0 unspecified atom stereocenters. The fourth-order valence-electron chi connectivity index (χ4n) is 2.20. The van der Waals surface area contributed by atoms with Crippen molar-refractivity contribution in [3.05, 3.63) is 0 Å². The number of methoxy groups -OCH3 is 1. The van der Waals surface area contributed by atoms with E-state index in [4.69, 9.17) is 0 Å². The van der Waals surface area contributed by atoms with Gasteiger partial charge in [0.2, 0.25) is 15.9 Å². The first-order valence-corrected chi connectivity index (χ1v) is 8.28. The van der Waals surface area contributed by atoms with Gasteiger partial charge in [-0.1, -0.05) is 0 Å². The first-order chi connectivity index (χ1) is 9.35. The maximum atomic E-state index is 12.1. The molecule has 1 N–H and O–H groups in total. The van der Waals surface area contributed by atoms with Gasteiger partial charge in [0.25, 0.3) is 0 Å². The molecule has 0 spiro atoms. The summed E-state index contributed by atoms with van der Waals surface area (Å²) in [6, 6.07) is 0.0500. The molecule has 116 valence electrons. The zero-order valence-corrected chi connectivity index (χ0v) is 12.7. The molecule has 0 aromatic heterocycles. The molecular formula is C12H22N2O5S. The van der Waals surface area contributed by atoms with Crippen molar-refractivity contribution in [2.45, 2.75) is 38.6 Å². The topological polar surface area (TPSA) is 92.8 Å². The second kappa shape index (κ2) is 7.58. The van der Waals surface area contributed by atoms with Gasteiger partial charge in [-0.3, -0.25) is 9.59 Å². The minimum atomic E-state index is -3.33. The molecule has 8 heteroatoms. The molecule has 0 atom stereocenters. The van der Waals surface area contributed by atoms with E-state index in [2.05, 4.69) is 10.1 Å². The number of carbonyl (C=O) groups is 2. The summed E-state index contributed by atoms with van der Waals surface area (Å²) in [4.78, 5) is 21.9. The number of esters is 1. The van der Waals surface area contributed by atoms with Gasteiger partial charge < -0.3 is 10.1 Å². The Morgan fingerprint density at radius 2 is 1.90 bits per heavy atom. The van der Waals surface area contributed by atoms with Crippen LogP contribution in [0.2, 0.25) is 0 Å². The summed E-state index contributed by atoms with van der Waals surface area (Å²) in [7, 11) is -2.04. The molecule has 0 bridgehead atoms. The van der Waals surface area contributed by atoms with Gasteiger partial charge in [-0.15, -0.1) is 0 Å². The molecule has 7 nitrogen and oxygen atoms in total. The van der Waals surface area contributed by atoms with E-state index in [0.29, 0.717) is 25.9 Å². The minimum Gasteiger partial charge on any atom is -0.469 e. The van der Waals surface area contributed by atoms with Gasteiger partial charge in [0.05, 0.1) is 12.9 Å². The van der Waals surface area contributed by atoms with Crippen molar-refractivity contribution in [3.8, 4) is 0 Å². The van der Waals surface area contributed by atoms with Crippen molar-refractivity contribution in [2.75, 3.05) is 26.0 Å². The fourth-order valence-corrected chi connectivity index (χ4v) is 3.73. The molecule has 0 aromatic carbocycles. The zero-order chi connectivity index (χ0) is 15.2. The molecule has 0 aromatic rings. The van der Waals surface area contributed by atoms with Gasteiger partial charge in [0, 0.05) is 32.5 Å². The van der Waals surface area contributed by atoms with Crippen molar-refractivity contribution in [1.82, 2.24) is 9.62 Å². The van der Waals surface area contributed by atoms with Gasteiger partial charge in [0.1, 0.15) is 0 Å². The van der Waals surface area contributed by atoms with Gasteiger partial charge in [0.15, 0.2) is 0 Å². The SMILES string of the molecule is COC(=O)CCCS(=O)(=O)N1CCC(NC(C)=O)CC1. The van der Waals surface area contributed by atoms with E-state index in [1.807, 2.05) is 0 Å². The maximum Gasteiger partial charge on any atom is 0.305 e. The number of nitrogens with one attached hydrogen (secondary N) is 1. The molecule has 1 fully saturated rings. The molecule has 0 saturated carbocycles. The van der Waals surface area contributed by atoms with E-state index in [1.165, 1.54) is 18.3 Å². The third-order valence-electron chi connectivity index (χ3n) is 3.27. The third kappa shape index (κ3) is 5.46. The Bertz CT molecular complexity index is 441. The van der Waals surface area contributed by atoms with Crippen LogP contribution >= 0.6 is 0 Å². The summed E-state index contributed by atoms with van der Waals surface area (Å²) in [5.74, 6) is -0.540. The smallest absolute Gasteiger partial charge is 0.305 e. The Morgan fingerprint density at radius 3 is 2.40 bits per heavy atom. The van der Waals surface area contributed by atoms with E-state index in [-0.39, 0.29) is 30.5 Å². The summed E-state index contributed by atoms with van der Waals surface area (Å²) in [5, 5.41) is 2.80. The highest BCUT2D eigenvalue weighted by Gasteiger charge is 2.28. The highest BCUT2D eigenvalue weighted by Crippen LogP contribution is 2.15. The van der Waals surface area contributed by atoms with Crippen LogP contribution in [0.1, 0.15) is 32.6 Å². The Morgan fingerprint density at radius 1 is 1.30 bits per heavy atom. The van der Waals surface area contributed by atoms with Crippen molar-refractivity contribution >= 4 is 21.9 Å². The largest absolute Gasteiger partial charge is 0.469 e. The first kappa shape index (κ1) is 16.9. The zero-order valence-electron chi connectivity index (χ0n) is 11.9. The van der Waals surface area contributed by atoms with E-state index >= 15 is 0 Å². The molecule has 1 aliphatic heterocycles. The standard InChI is InChI=1S/C12H22N2O5S/c1-10(15)13-11-5-7-14(8-6-11)20(17,18)9-3-4-12(16)19-2/h11H,3-9H2,1-2H3,(H,13,15). The summed E-state index contributed by atoms with van der Waals surface area (Å²) in [6.07, 6.45) is 1.62. The number of hydrogen-bond acceptors (Lipinski definition) is 5. The summed E-state index contributed by atoms with van der Waals surface area (Å²) < 4.78 is 30.0. The lowest BCUT2D eigenvalue weighted by atomic mass is 10.1. The van der Waals surface area contributed by atoms with Crippen LogP contribution in [-0.2, 0) is 24.3 Å². The second-order valence-electron chi connectivity index (χ2n) is 4.87. The molecule has 1 aliphatic rings. The predicted octanol–water partition coefficient (Wildman–Crippen LogP) is -0.130. The molecule has 1 amide bonds. The van der Waals surface area contributed by atoms with E-state index in [0.717, 1.165) is 0 Å². The van der Waals surface area contributed by atoms with Gasteiger partial charge in [-0.25, -0.2) is 12.7 Å². The number of rotatable bonds is 6. The second-order valence-corrected chi connectivity index (χ2v) is 6.96. The number of hydrogen-bond donors (Lipinski definition) is 1. The number of carbonyl (C=O) groups excluding carboxylic acids is 2. The lowest BCUT2D eigenvalue weighted by Crippen LogP contribution is -2.46. The average molecular weight is 306 g/mol. The van der Waals surface area contributed by atoms with Crippen LogP contribution in [0.4, 0.5) is 0 Å². The van der Waals surface area contributed by atoms with Gasteiger partial charge in [-0.2, -0.15) is 0 Å². The third-order valence-corrected chi connectivity index (χ3v) is 5.22. The van der Waals surface area contributed by atoms with Crippen molar-refractivity contribution in [3.63, 3.8) is 0 Å². The highest BCUT2D eigenvalue weighted by molar-refractivity contribution is 7.89. The molecule has 0 radical (unpaired) electrons. The minimum absolute atomic E-state index is 0.0487. The Balaban J connectivity index is 2.38. The Hall–Kier alpha value is -1.15. The Kier molecular flexibility index (Phi) is 6.41. The number of piperidine rings is 1. The van der Waals surface area contributed by atoms with Crippen LogP contribution in [0.15, 0.2) is 0 Å². The van der Waals surface area contributed by atoms with Crippen LogP contribution in [0, 0.1) is 0 Å². The quantitative estimate of drug-likeness (QED) is 0.690. The number of nitrogens with zero attached hydrogens (tertiary/aromatic N) is 1. The molecule has 1 heterocycles. The lowest BCUT2D eigenvalue weighted by Gasteiger charge is -2.31. The van der Waals surface area contributed by atoms with Crippen molar-refractivity contribution in [1.29, 1.82) is 0 Å². The van der Waals surface area contributed by atoms with Gasteiger partial charge >= 0.3 is 5.97 Å². The maximum absolute atomic E-state index is 12.1. The monoisotopic (exact) mass is 306 g/mol. The van der Waals surface area contributed by atoms with Crippen LogP contribution < -0.4 is 5.32 Å². The van der Waals surface area contributed by atoms with E-state index < -0.39 is 16.0 Å². The van der Waals surface area contributed by atoms with E-state index in [9.17, 15) is 18.0 Å².